The van der Waals surface area contributed by atoms with E-state index in [1.165, 1.54) is 12.8 Å². The van der Waals surface area contributed by atoms with Gasteiger partial charge in [-0.2, -0.15) is 0 Å². The molecule has 2 fully saturated rings. The summed E-state index contributed by atoms with van der Waals surface area (Å²) in [5, 5.41) is 3.28. The van der Waals surface area contributed by atoms with Crippen molar-refractivity contribution in [3.63, 3.8) is 0 Å². The second-order valence-corrected chi connectivity index (χ2v) is 5.02. The molecule has 0 bridgehead atoms. The first-order chi connectivity index (χ1) is 7.72. The lowest BCUT2D eigenvalue weighted by Gasteiger charge is -2.21. The molecule has 1 saturated heterocycles. The molecule has 16 heavy (non-hydrogen) atoms. The van der Waals surface area contributed by atoms with Crippen LogP contribution in [0.15, 0.2) is 0 Å². The van der Waals surface area contributed by atoms with Gasteiger partial charge in [0.25, 0.3) is 0 Å². The molecule has 92 valence electrons. The fraction of sp³-hybridized carbons (Fsp3) is 0.917. The molecule has 0 aromatic heterocycles. The molecule has 1 amide bonds. The average molecular weight is 225 g/mol. The van der Waals surface area contributed by atoms with E-state index in [1.54, 1.807) is 0 Å². The summed E-state index contributed by atoms with van der Waals surface area (Å²) < 4.78 is 0. The van der Waals surface area contributed by atoms with Gasteiger partial charge in [-0.25, -0.2) is 0 Å². The minimum atomic E-state index is 0.0798. The number of rotatable bonds is 6. The Morgan fingerprint density at radius 2 is 2.25 bits per heavy atom. The van der Waals surface area contributed by atoms with E-state index < -0.39 is 0 Å². The summed E-state index contributed by atoms with van der Waals surface area (Å²) in [5.41, 5.74) is 0. The number of hydrogen-bond donors (Lipinski definition) is 1. The van der Waals surface area contributed by atoms with Crippen molar-refractivity contribution in [2.24, 2.45) is 0 Å². The largest absolute Gasteiger partial charge is 0.327 e. The van der Waals surface area contributed by atoms with Crippen LogP contribution in [0.3, 0.4) is 0 Å². The summed E-state index contributed by atoms with van der Waals surface area (Å²) >= 11 is 0. The molecule has 2 aliphatic rings. The molecule has 1 heterocycles. The van der Waals surface area contributed by atoms with Crippen LogP contribution in [0.5, 0.6) is 0 Å². The Kier molecular flexibility index (Phi) is 3.82. The van der Waals surface area contributed by atoms with E-state index in [1.807, 2.05) is 4.90 Å². The van der Waals surface area contributed by atoms with E-state index in [-0.39, 0.29) is 6.04 Å². The van der Waals surface area contributed by atoms with Gasteiger partial charge in [-0.05, 0) is 26.3 Å². The second-order valence-electron chi connectivity index (χ2n) is 5.02. The van der Waals surface area contributed by atoms with Crippen LogP contribution in [0.2, 0.25) is 0 Å². The summed E-state index contributed by atoms with van der Waals surface area (Å²) in [6.45, 7) is 4.75. The van der Waals surface area contributed by atoms with Gasteiger partial charge in [0.15, 0.2) is 0 Å². The summed E-state index contributed by atoms with van der Waals surface area (Å²) in [5.74, 6) is 0.297. The van der Waals surface area contributed by atoms with Gasteiger partial charge in [0.1, 0.15) is 0 Å². The molecule has 2 rings (SSSR count). The highest BCUT2D eigenvalue weighted by atomic mass is 16.2. The lowest BCUT2D eigenvalue weighted by molar-refractivity contribution is -0.129. The van der Waals surface area contributed by atoms with E-state index in [0.717, 1.165) is 38.6 Å². The van der Waals surface area contributed by atoms with Gasteiger partial charge in [-0.15, -0.1) is 0 Å². The molecule has 1 N–H and O–H groups in total. The first-order valence-corrected chi connectivity index (χ1v) is 6.44. The predicted molar refractivity (Wildman–Crippen MR) is 64.1 cm³/mol. The van der Waals surface area contributed by atoms with Gasteiger partial charge in [0.2, 0.25) is 5.91 Å². The smallest absolute Gasteiger partial charge is 0.240 e. The zero-order valence-corrected chi connectivity index (χ0v) is 10.4. The Hall–Kier alpha value is -0.610. The minimum absolute atomic E-state index is 0.0798. The Bertz CT molecular complexity index is 253. The van der Waals surface area contributed by atoms with Crippen molar-refractivity contribution in [3.8, 4) is 0 Å². The molecular weight excluding hydrogens is 202 g/mol. The number of nitrogens with one attached hydrogen (secondary N) is 1. The SMILES string of the molecule is CCCC1NCN(CCN(C)C2CC2)C1=O. The topological polar surface area (TPSA) is 35.6 Å². The van der Waals surface area contributed by atoms with E-state index in [2.05, 4.69) is 24.2 Å². The highest BCUT2D eigenvalue weighted by Crippen LogP contribution is 2.25. The maximum atomic E-state index is 11.9. The lowest BCUT2D eigenvalue weighted by Crippen LogP contribution is -2.36. The van der Waals surface area contributed by atoms with Gasteiger partial charge in [-0.3, -0.25) is 10.1 Å². The van der Waals surface area contributed by atoms with Crippen molar-refractivity contribution in [1.82, 2.24) is 15.1 Å². The number of nitrogens with zero attached hydrogens (tertiary/aromatic N) is 2. The first-order valence-electron chi connectivity index (χ1n) is 6.44. The number of carbonyl (C=O) groups excluding carboxylic acids is 1. The van der Waals surface area contributed by atoms with Gasteiger partial charge < -0.3 is 9.80 Å². The van der Waals surface area contributed by atoms with E-state index in [9.17, 15) is 4.79 Å². The van der Waals surface area contributed by atoms with Crippen LogP contribution in [-0.4, -0.2) is 54.6 Å². The van der Waals surface area contributed by atoms with Gasteiger partial charge in [0, 0.05) is 19.1 Å². The van der Waals surface area contributed by atoms with Crippen molar-refractivity contribution in [3.05, 3.63) is 0 Å². The molecule has 0 spiro atoms. The molecule has 4 nitrogen and oxygen atoms in total. The molecule has 0 radical (unpaired) electrons. The number of hydrogen-bond acceptors (Lipinski definition) is 3. The lowest BCUT2D eigenvalue weighted by atomic mass is 10.2. The number of amides is 1. The van der Waals surface area contributed by atoms with Crippen molar-refractivity contribution in [2.75, 3.05) is 26.8 Å². The fourth-order valence-corrected chi connectivity index (χ4v) is 2.29. The zero-order valence-electron chi connectivity index (χ0n) is 10.4. The molecule has 1 aliphatic heterocycles. The fourth-order valence-electron chi connectivity index (χ4n) is 2.29. The third-order valence-corrected chi connectivity index (χ3v) is 3.61. The van der Waals surface area contributed by atoms with Crippen LogP contribution in [0.1, 0.15) is 32.6 Å². The predicted octanol–water partition coefficient (Wildman–Crippen LogP) is 0.639. The molecule has 1 saturated carbocycles. The Morgan fingerprint density at radius 1 is 1.50 bits per heavy atom. The van der Waals surface area contributed by atoms with Crippen molar-refractivity contribution >= 4 is 5.91 Å². The maximum Gasteiger partial charge on any atom is 0.240 e. The van der Waals surface area contributed by atoms with E-state index >= 15 is 0 Å². The molecule has 1 atom stereocenters. The number of carbonyl (C=O) groups is 1. The van der Waals surface area contributed by atoms with Crippen LogP contribution in [0.4, 0.5) is 0 Å². The average Bonchev–Trinajstić information content (AvgIpc) is 3.05. The third-order valence-electron chi connectivity index (χ3n) is 3.61. The highest BCUT2D eigenvalue weighted by Gasteiger charge is 2.31. The van der Waals surface area contributed by atoms with E-state index in [4.69, 9.17) is 0 Å². The third kappa shape index (κ3) is 2.74. The Labute approximate surface area is 98.0 Å². The second kappa shape index (κ2) is 5.15. The van der Waals surface area contributed by atoms with Crippen LogP contribution in [-0.2, 0) is 4.79 Å². The van der Waals surface area contributed by atoms with Crippen LogP contribution in [0, 0.1) is 0 Å². The summed E-state index contributed by atoms with van der Waals surface area (Å²) in [7, 11) is 2.16. The Morgan fingerprint density at radius 3 is 2.88 bits per heavy atom. The van der Waals surface area contributed by atoms with Crippen LogP contribution in [0.25, 0.3) is 0 Å². The molecular formula is C12H23N3O. The van der Waals surface area contributed by atoms with Crippen molar-refractivity contribution in [2.45, 2.75) is 44.7 Å². The first kappa shape index (κ1) is 11.9. The summed E-state index contributed by atoms with van der Waals surface area (Å²) in [4.78, 5) is 16.3. The van der Waals surface area contributed by atoms with Crippen LogP contribution < -0.4 is 5.32 Å². The Balaban J connectivity index is 1.71. The van der Waals surface area contributed by atoms with Crippen molar-refractivity contribution < 1.29 is 4.79 Å². The van der Waals surface area contributed by atoms with Crippen LogP contribution >= 0.6 is 0 Å². The zero-order chi connectivity index (χ0) is 11.5. The standard InChI is InChI=1S/C12H23N3O/c1-3-4-11-12(16)15(9-13-11)8-7-14(2)10-5-6-10/h10-11,13H,3-9H2,1-2H3. The molecule has 4 heteroatoms. The van der Waals surface area contributed by atoms with Gasteiger partial charge >= 0.3 is 0 Å². The normalized spacial score (nSPS) is 25.8. The molecule has 1 unspecified atom stereocenters. The summed E-state index contributed by atoms with van der Waals surface area (Å²) in [6, 6.07) is 0.869. The molecule has 0 aromatic rings. The molecule has 0 aromatic carbocycles. The maximum absolute atomic E-state index is 11.9. The van der Waals surface area contributed by atoms with Crippen molar-refractivity contribution in [1.29, 1.82) is 0 Å². The highest BCUT2D eigenvalue weighted by molar-refractivity contribution is 5.83. The summed E-state index contributed by atoms with van der Waals surface area (Å²) in [6.07, 6.45) is 4.70. The van der Waals surface area contributed by atoms with Gasteiger partial charge in [-0.1, -0.05) is 13.3 Å². The number of likely N-dealkylation sites (N-methyl/N-ethyl adjacent to an activating group) is 1. The monoisotopic (exact) mass is 225 g/mol. The minimum Gasteiger partial charge on any atom is -0.327 e. The van der Waals surface area contributed by atoms with Gasteiger partial charge in [0.05, 0.1) is 12.7 Å². The molecule has 1 aliphatic carbocycles. The quantitative estimate of drug-likeness (QED) is 0.720. The van der Waals surface area contributed by atoms with E-state index in [0.29, 0.717) is 5.91 Å².